The lowest BCUT2D eigenvalue weighted by Crippen LogP contribution is -2.66. The van der Waals surface area contributed by atoms with Crippen molar-refractivity contribution in [2.75, 3.05) is 6.54 Å². The van der Waals surface area contributed by atoms with Crippen LogP contribution in [-0.2, 0) is 4.79 Å². The van der Waals surface area contributed by atoms with Crippen LogP contribution >= 0.6 is 0 Å². The lowest BCUT2D eigenvalue weighted by molar-refractivity contribution is -0.136. The molecule has 1 spiro atoms. The van der Waals surface area contributed by atoms with E-state index in [9.17, 15) is 4.79 Å². The zero-order valence-corrected chi connectivity index (χ0v) is 8.44. The highest BCUT2D eigenvalue weighted by molar-refractivity contribution is 5.84. The van der Waals surface area contributed by atoms with Crippen LogP contribution in [0.4, 0.5) is 0 Å². The van der Waals surface area contributed by atoms with Crippen LogP contribution in [0.3, 0.4) is 0 Å². The molecule has 13 heavy (non-hydrogen) atoms. The van der Waals surface area contributed by atoms with Crippen molar-refractivity contribution in [3.05, 3.63) is 0 Å². The van der Waals surface area contributed by atoms with Gasteiger partial charge in [0.1, 0.15) is 0 Å². The first kappa shape index (κ1) is 9.00. The highest BCUT2D eigenvalue weighted by atomic mass is 16.2. The van der Waals surface area contributed by atoms with Gasteiger partial charge in [0.15, 0.2) is 0 Å². The smallest absolute Gasteiger partial charge is 0.228 e. The van der Waals surface area contributed by atoms with Crippen LogP contribution in [0.1, 0.15) is 39.5 Å². The molecular weight excluding hydrogens is 164 g/mol. The monoisotopic (exact) mass is 182 g/mol. The minimum Gasteiger partial charge on any atom is -0.338 e. The Kier molecular flexibility index (Phi) is 1.88. The third-order valence-corrected chi connectivity index (χ3v) is 3.34. The number of nitrogens with one attached hydrogen (secondary N) is 2. The maximum absolute atomic E-state index is 11.9. The summed E-state index contributed by atoms with van der Waals surface area (Å²) in [4.78, 5) is 11.9. The lowest BCUT2D eigenvalue weighted by Gasteiger charge is -2.42. The minimum absolute atomic E-state index is 0.0739. The van der Waals surface area contributed by atoms with Crippen LogP contribution in [0, 0.1) is 5.41 Å². The van der Waals surface area contributed by atoms with E-state index in [0.717, 1.165) is 19.4 Å². The van der Waals surface area contributed by atoms with Crippen molar-refractivity contribution < 1.29 is 4.79 Å². The molecule has 0 bridgehead atoms. The molecule has 1 amide bonds. The standard InChI is InChI=1S/C10H18N2O/c1-9(2)11-7-10(8(13)12-9)5-3-4-6-10/h11H,3-7H2,1-2H3,(H,12,13). The molecule has 2 rings (SSSR count). The average molecular weight is 182 g/mol. The van der Waals surface area contributed by atoms with E-state index in [1.807, 2.05) is 13.8 Å². The Balaban J connectivity index is 2.13. The molecule has 1 aliphatic carbocycles. The van der Waals surface area contributed by atoms with Gasteiger partial charge in [-0.3, -0.25) is 10.1 Å². The summed E-state index contributed by atoms with van der Waals surface area (Å²) in [6.45, 7) is 4.87. The van der Waals surface area contributed by atoms with Crippen molar-refractivity contribution in [3.63, 3.8) is 0 Å². The first-order valence-corrected chi connectivity index (χ1v) is 5.12. The van der Waals surface area contributed by atoms with Gasteiger partial charge in [-0.25, -0.2) is 0 Å². The number of hydrogen-bond donors (Lipinski definition) is 2. The normalized spacial score (nSPS) is 30.5. The number of amides is 1. The second-order valence-electron chi connectivity index (χ2n) is 4.92. The molecule has 0 radical (unpaired) electrons. The van der Waals surface area contributed by atoms with E-state index in [4.69, 9.17) is 0 Å². The summed E-state index contributed by atoms with van der Waals surface area (Å²) in [6.07, 6.45) is 4.52. The molecule has 0 aromatic heterocycles. The van der Waals surface area contributed by atoms with Crippen molar-refractivity contribution >= 4 is 5.91 Å². The zero-order valence-electron chi connectivity index (χ0n) is 8.44. The SMILES string of the molecule is CC1(C)NCC2(CCCC2)C(=O)N1. The molecular formula is C10H18N2O. The summed E-state index contributed by atoms with van der Waals surface area (Å²) in [5.41, 5.74) is -0.291. The summed E-state index contributed by atoms with van der Waals surface area (Å²) < 4.78 is 0. The second kappa shape index (κ2) is 2.71. The van der Waals surface area contributed by atoms with E-state index in [2.05, 4.69) is 10.6 Å². The molecule has 0 aromatic rings. The van der Waals surface area contributed by atoms with E-state index in [-0.39, 0.29) is 17.0 Å². The van der Waals surface area contributed by atoms with Crippen molar-refractivity contribution in [3.8, 4) is 0 Å². The quantitative estimate of drug-likeness (QED) is 0.587. The summed E-state index contributed by atoms with van der Waals surface area (Å²) in [6, 6.07) is 0. The van der Waals surface area contributed by atoms with E-state index >= 15 is 0 Å². The Morgan fingerprint density at radius 1 is 1.23 bits per heavy atom. The van der Waals surface area contributed by atoms with Gasteiger partial charge in [-0.1, -0.05) is 12.8 Å². The summed E-state index contributed by atoms with van der Waals surface area (Å²) in [5.74, 6) is 0.258. The molecule has 0 atom stereocenters. The number of carbonyl (C=O) groups excluding carboxylic acids is 1. The Hall–Kier alpha value is -0.570. The molecule has 2 aliphatic rings. The molecule has 2 fully saturated rings. The van der Waals surface area contributed by atoms with Crippen LogP contribution in [0.5, 0.6) is 0 Å². The van der Waals surface area contributed by atoms with Crippen LogP contribution in [0.25, 0.3) is 0 Å². The molecule has 1 saturated carbocycles. The van der Waals surface area contributed by atoms with Gasteiger partial charge in [0.2, 0.25) is 5.91 Å². The fourth-order valence-corrected chi connectivity index (χ4v) is 2.39. The third kappa shape index (κ3) is 1.46. The maximum atomic E-state index is 11.9. The lowest BCUT2D eigenvalue weighted by atomic mass is 9.82. The predicted molar refractivity (Wildman–Crippen MR) is 51.1 cm³/mol. The summed E-state index contributed by atoms with van der Waals surface area (Å²) in [7, 11) is 0. The first-order chi connectivity index (χ1) is 6.04. The number of hydrogen-bond acceptors (Lipinski definition) is 2. The topological polar surface area (TPSA) is 41.1 Å². The van der Waals surface area contributed by atoms with Crippen molar-refractivity contribution in [1.82, 2.24) is 10.6 Å². The van der Waals surface area contributed by atoms with Gasteiger partial charge < -0.3 is 5.32 Å². The maximum Gasteiger partial charge on any atom is 0.228 e. The molecule has 0 unspecified atom stereocenters. The van der Waals surface area contributed by atoms with Gasteiger partial charge in [0.25, 0.3) is 0 Å². The summed E-state index contributed by atoms with van der Waals surface area (Å²) >= 11 is 0. The Labute approximate surface area is 79.3 Å². The van der Waals surface area contributed by atoms with E-state index < -0.39 is 0 Å². The minimum atomic E-state index is -0.217. The number of rotatable bonds is 0. The largest absolute Gasteiger partial charge is 0.338 e. The Bertz CT molecular complexity index is 229. The molecule has 3 heteroatoms. The summed E-state index contributed by atoms with van der Waals surface area (Å²) in [5, 5.41) is 6.43. The molecule has 1 aliphatic heterocycles. The van der Waals surface area contributed by atoms with E-state index in [1.165, 1.54) is 12.8 Å². The van der Waals surface area contributed by atoms with Gasteiger partial charge in [-0.2, -0.15) is 0 Å². The van der Waals surface area contributed by atoms with Crippen LogP contribution in [0.15, 0.2) is 0 Å². The molecule has 0 aromatic carbocycles. The Morgan fingerprint density at radius 3 is 2.38 bits per heavy atom. The average Bonchev–Trinajstić information content (AvgIpc) is 2.47. The first-order valence-electron chi connectivity index (χ1n) is 5.12. The van der Waals surface area contributed by atoms with Gasteiger partial charge in [0.05, 0.1) is 11.1 Å². The van der Waals surface area contributed by atoms with Crippen LogP contribution in [0.2, 0.25) is 0 Å². The fourth-order valence-electron chi connectivity index (χ4n) is 2.39. The second-order valence-corrected chi connectivity index (χ2v) is 4.92. The van der Waals surface area contributed by atoms with E-state index in [1.54, 1.807) is 0 Å². The molecule has 74 valence electrons. The molecule has 1 saturated heterocycles. The van der Waals surface area contributed by atoms with Gasteiger partial charge in [-0.15, -0.1) is 0 Å². The van der Waals surface area contributed by atoms with Crippen molar-refractivity contribution in [2.24, 2.45) is 5.41 Å². The zero-order chi connectivity index (χ0) is 9.53. The van der Waals surface area contributed by atoms with E-state index in [0.29, 0.717) is 0 Å². The number of carbonyl (C=O) groups is 1. The third-order valence-electron chi connectivity index (χ3n) is 3.34. The predicted octanol–water partition coefficient (Wildman–Crippen LogP) is 1.00. The molecule has 1 heterocycles. The van der Waals surface area contributed by atoms with Gasteiger partial charge >= 0.3 is 0 Å². The van der Waals surface area contributed by atoms with Crippen molar-refractivity contribution in [2.45, 2.75) is 45.2 Å². The Morgan fingerprint density at radius 2 is 1.85 bits per heavy atom. The van der Waals surface area contributed by atoms with Crippen LogP contribution in [-0.4, -0.2) is 18.1 Å². The van der Waals surface area contributed by atoms with Crippen molar-refractivity contribution in [1.29, 1.82) is 0 Å². The van der Waals surface area contributed by atoms with Crippen LogP contribution < -0.4 is 10.6 Å². The van der Waals surface area contributed by atoms with Gasteiger partial charge in [0, 0.05) is 6.54 Å². The highest BCUT2D eigenvalue weighted by Crippen LogP contribution is 2.39. The van der Waals surface area contributed by atoms with Gasteiger partial charge in [-0.05, 0) is 26.7 Å². The molecule has 2 N–H and O–H groups in total. The molecule has 3 nitrogen and oxygen atoms in total. The fraction of sp³-hybridized carbons (Fsp3) is 0.900. The highest BCUT2D eigenvalue weighted by Gasteiger charge is 2.46.